The van der Waals surface area contributed by atoms with Crippen LogP contribution in [0.15, 0.2) is 12.2 Å². The smallest absolute Gasteiger partial charge is 0.0133 e. The molecule has 74 valence electrons. The van der Waals surface area contributed by atoms with Crippen molar-refractivity contribution in [3.05, 3.63) is 18.0 Å². The Hall–Kier alpha value is -0.567. The van der Waals surface area contributed by atoms with E-state index in [2.05, 4.69) is 46.6 Å². The van der Waals surface area contributed by atoms with Crippen molar-refractivity contribution in [2.45, 2.75) is 39.0 Å². The van der Waals surface area contributed by atoms with Crippen LogP contribution in [0.5, 0.6) is 0 Å². The van der Waals surface area contributed by atoms with Gasteiger partial charge in [-0.3, -0.25) is 10.3 Å². The van der Waals surface area contributed by atoms with Crippen LogP contribution in [0.25, 0.3) is 0 Å². The molecule has 0 radical (unpaired) electrons. The molecule has 0 saturated heterocycles. The number of hydrogen-bond acceptors (Lipinski definition) is 3. The van der Waals surface area contributed by atoms with Crippen molar-refractivity contribution in [3.63, 3.8) is 0 Å². The van der Waals surface area contributed by atoms with E-state index in [1.165, 1.54) is 0 Å². The zero-order valence-electron chi connectivity index (χ0n) is 8.85. The summed E-state index contributed by atoms with van der Waals surface area (Å²) in [5.41, 5.74) is 0. The Morgan fingerprint density at radius 1 is 1.36 bits per heavy atom. The average Bonchev–Trinajstić information content (AvgIpc) is 2.65. The fourth-order valence-corrected chi connectivity index (χ4v) is 1.20. The second-order valence-corrected chi connectivity index (χ2v) is 2.96. The quantitative estimate of drug-likeness (QED) is 0.584. The molecule has 0 aromatic carbocycles. The molecule has 0 aliphatic carbocycles. The Kier molecular flexibility index (Phi) is 7.49. The molecular formula is C9H15N4Zn-. The van der Waals surface area contributed by atoms with Gasteiger partial charge in [0.2, 0.25) is 0 Å². The van der Waals surface area contributed by atoms with Crippen molar-refractivity contribution in [1.82, 2.24) is 20.6 Å². The van der Waals surface area contributed by atoms with E-state index in [0.717, 1.165) is 25.1 Å². The zero-order chi connectivity index (χ0) is 9.52. The first-order chi connectivity index (χ1) is 6.38. The van der Waals surface area contributed by atoms with Gasteiger partial charge >= 0.3 is 0 Å². The van der Waals surface area contributed by atoms with Crippen LogP contribution in [0.2, 0.25) is 0 Å². The summed E-state index contributed by atoms with van der Waals surface area (Å²) < 4.78 is 0. The van der Waals surface area contributed by atoms with Gasteiger partial charge in [0.1, 0.15) is 0 Å². The number of nitrogens with zero attached hydrogens (tertiary/aromatic N) is 4. The summed E-state index contributed by atoms with van der Waals surface area (Å²) in [6.45, 7) is 4.25. The molecule has 1 heterocycles. The molecule has 1 unspecified atom stereocenters. The molecule has 4 nitrogen and oxygen atoms in total. The molecule has 1 rings (SSSR count). The fraction of sp³-hybridized carbons (Fsp3) is 0.667. The molecule has 1 aromatic heterocycles. The summed E-state index contributed by atoms with van der Waals surface area (Å²) in [5.74, 6) is 1.14. The van der Waals surface area contributed by atoms with Crippen molar-refractivity contribution in [2.75, 3.05) is 0 Å². The molecule has 0 bridgehead atoms. The van der Waals surface area contributed by atoms with Crippen LogP contribution >= 0.6 is 0 Å². The summed E-state index contributed by atoms with van der Waals surface area (Å²) in [6.07, 6.45) is 7.42. The van der Waals surface area contributed by atoms with Crippen LogP contribution in [0.3, 0.4) is 0 Å². The third kappa shape index (κ3) is 4.10. The van der Waals surface area contributed by atoms with Gasteiger partial charge in [-0.05, 0) is 25.2 Å². The topological polar surface area (TPSA) is 52.8 Å². The van der Waals surface area contributed by atoms with Crippen LogP contribution < -0.4 is 5.10 Å². The van der Waals surface area contributed by atoms with Gasteiger partial charge in [-0.25, -0.2) is 0 Å². The van der Waals surface area contributed by atoms with Crippen molar-refractivity contribution >= 4 is 0 Å². The molecule has 5 heteroatoms. The second-order valence-electron chi connectivity index (χ2n) is 2.96. The monoisotopic (exact) mass is 243 g/mol. The van der Waals surface area contributed by atoms with E-state index in [4.69, 9.17) is 0 Å². The Balaban J connectivity index is 0.00000169. The van der Waals surface area contributed by atoms with Crippen LogP contribution in [0.1, 0.15) is 44.9 Å². The van der Waals surface area contributed by atoms with Crippen molar-refractivity contribution < 1.29 is 19.5 Å². The molecule has 1 aromatic rings. The second kappa shape index (κ2) is 7.80. The van der Waals surface area contributed by atoms with Crippen LogP contribution in [0.4, 0.5) is 0 Å². The minimum atomic E-state index is 0. The molecule has 14 heavy (non-hydrogen) atoms. The predicted molar refractivity (Wildman–Crippen MR) is 50.2 cm³/mol. The van der Waals surface area contributed by atoms with Gasteiger partial charge in [-0.1, -0.05) is 26.0 Å². The molecular weight excluding hydrogens is 230 g/mol. The minimum Gasteiger partial charge on any atom is -0.335 e. The maximum absolute atomic E-state index is 3.86. The van der Waals surface area contributed by atoms with Crippen molar-refractivity contribution in [2.24, 2.45) is 0 Å². The van der Waals surface area contributed by atoms with E-state index in [0.29, 0.717) is 5.92 Å². The van der Waals surface area contributed by atoms with Gasteiger partial charge < -0.3 is 5.10 Å². The zero-order valence-corrected chi connectivity index (χ0v) is 11.8. The number of allylic oxidation sites excluding steroid dienone is 2. The Labute approximate surface area is 97.3 Å². The van der Waals surface area contributed by atoms with E-state index >= 15 is 0 Å². The van der Waals surface area contributed by atoms with Crippen LogP contribution in [0, 0.1) is 0 Å². The predicted octanol–water partition coefficient (Wildman–Crippen LogP) is 1.68. The average molecular weight is 245 g/mol. The number of rotatable bonds is 5. The number of tetrazole rings is 1. The molecule has 0 aliphatic heterocycles. The molecule has 0 fully saturated rings. The maximum atomic E-state index is 3.86. The van der Waals surface area contributed by atoms with Gasteiger partial charge in [-0.2, -0.15) is 5.21 Å². The van der Waals surface area contributed by atoms with E-state index in [1.54, 1.807) is 0 Å². The van der Waals surface area contributed by atoms with Crippen molar-refractivity contribution in [3.8, 4) is 0 Å². The summed E-state index contributed by atoms with van der Waals surface area (Å²) in [7, 11) is 0. The molecule has 0 spiro atoms. The molecule has 0 N–H and O–H groups in total. The van der Waals surface area contributed by atoms with E-state index < -0.39 is 0 Å². The first-order valence-electron chi connectivity index (χ1n) is 4.72. The third-order valence-corrected chi connectivity index (χ3v) is 2.02. The maximum Gasteiger partial charge on any atom is 0.0133 e. The summed E-state index contributed by atoms with van der Waals surface area (Å²) in [4.78, 5) is 0. The Bertz CT molecular complexity index is 245. The van der Waals surface area contributed by atoms with Crippen LogP contribution in [-0.4, -0.2) is 15.5 Å². The Morgan fingerprint density at radius 3 is 2.64 bits per heavy atom. The summed E-state index contributed by atoms with van der Waals surface area (Å²) in [5, 5.41) is 14.7. The van der Waals surface area contributed by atoms with Gasteiger partial charge in [0.05, 0.1) is 0 Å². The standard InChI is InChI=1S/C9H15N4.Zn/c1-3-5-6-7-8(4-2)9-10-12-13-11-9;/h5-6,8H,3-4,7H2,1-2H3;/q-1;/b6-5+;. The first-order valence-corrected chi connectivity index (χ1v) is 4.72. The minimum absolute atomic E-state index is 0. The summed E-state index contributed by atoms with van der Waals surface area (Å²) in [6, 6.07) is 0. The van der Waals surface area contributed by atoms with E-state index in [1.807, 2.05) is 0 Å². The SMILES string of the molecule is CC/C=C/CC(CC)c1nnn[n-]1.[Zn]. The molecule has 1 atom stereocenters. The van der Waals surface area contributed by atoms with Gasteiger partial charge in [0.15, 0.2) is 0 Å². The number of hydrogen-bond donors (Lipinski definition) is 0. The molecule has 0 amide bonds. The fourth-order valence-electron chi connectivity index (χ4n) is 1.20. The van der Waals surface area contributed by atoms with Gasteiger partial charge in [0.25, 0.3) is 0 Å². The summed E-state index contributed by atoms with van der Waals surface area (Å²) >= 11 is 0. The number of aromatic nitrogens is 4. The van der Waals surface area contributed by atoms with Crippen molar-refractivity contribution in [1.29, 1.82) is 0 Å². The third-order valence-electron chi connectivity index (χ3n) is 2.02. The van der Waals surface area contributed by atoms with Crippen LogP contribution in [-0.2, 0) is 19.5 Å². The largest absolute Gasteiger partial charge is 0.335 e. The molecule has 0 aliphatic rings. The molecule has 0 saturated carbocycles. The van der Waals surface area contributed by atoms with E-state index in [-0.39, 0.29) is 19.5 Å². The van der Waals surface area contributed by atoms with Gasteiger partial charge in [-0.15, -0.1) is 0 Å². The van der Waals surface area contributed by atoms with Gasteiger partial charge in [0, 0.05) is 25.3 Å². The first kappa shape index (κ1) is 13.4. The van der Waals surface area contributed by atoms with E-state index in [9.17, 15) is 0 Å². The normalized spacial score (nSPS) is 12.7. The Morgan fingerprint density at radius 2 is 2.14 bits per heavy atom.